The number of aryl methyl sites for hydroxylation is 2. The Hall–Kier alpha value is -7.81. The van der Waals surface area contributed by atoms with Gasteiger partial charge >= 0.3 is 0 Å². The summed E-state index contributed by atoms with van der Waals surface area (Å²) < 4.78 is 15.0. The van der Waals surface area contributed by atoms with Gasteiger partial charge in [-0.25, -0.2) is 0 Å². The zero-order valence-corrected chi connectivity index (χ0v) is 55.4. The van der Waals surface area contributed by atoms with Crippen molar-refractivity contribution < 1.29 is 24.5 Å². The maximum absolute atomic E-state index is 12.7. The first-order valence-electron chi connectivity index (χ1n) is 30.2. The fourth-order valence-electron chi connectivity index (χ4n) is 13.1. The molecule has 6 heterocycles. The molecule has 0 spiro atoms. The molecule has 0 saturated heterocycles. The number of hydrogen-bond acceptors (Lipinski definition) is 5. The summed E-state index contributed by atoms with van der Waals surface area (Å²) in [7, 11) is 0. The molecule has 12 aromatic rings. The van der Waals surface area contributed by atoms with E-state index in [2.05, 4.69) is 260 Å². The van der Waals surface area contributed by atoms with E-state index in [1.807, 2.05) is 37.9 Å². The smallest absolute Gasteiger partial charge is 0.252 e. The van der Waals surface area contributed by atoms with Gasteiger partial charge in [0.2, 0.25) is 0 Å². The number of rotatable bonds is 3. The number of hydrogen-bond donors (Lipinski definition) is 0. The van der Waals surface area contributed by atoms with E-state index >= 15 is 0 Å². The largest absolute Gasteiger partial charge is 0.333 e. The number of fused-ring (bicyclic) bond motifs is 14. The zero-order valence-electron chi connectivity index (χ0n) is 52.2. The molecule has 435 valence electrons. The van der Waals surface area contributed by atoms with Crippen LogP contribution in [0, 0.1) is 31.8 Å². The Balaban J connectivity index is 0.000000383. The van der Waals surface area contributed by atoms with E-state index in [-0.39, 0.29) is 54.3 Å². The average molecular weight is 1330 g/mol. The van der Waals surface area contributed by atoms with Crippen LogP contribution in [0.1, 0.15) is 116 Å². The van der Waals surface area contributed by atoms with Crippen molar-refractivity contribution >= 4 is 107 Å². The Morgan fingerprint density at radius 1 is 0.540 bits per heavy atom. The maximum atomic E-state index is 12.7. The van der Waals surface area contributed by atoms with Crippen molar-refractivity contribution in [2.24, 2.45) is 0 Å². The summed E-state index contributed by atoms with van der Waals surface area (Å²) in [5.74, 6) is -0.275. The number of halogens is 1. The molecule has 9 heteroatoms. The topological polar surface area (TPSA) is 36.7 Å². The Morgan fingerprint density at radius 3 is 1.84 bits per heavy atom. The molecule has 3 aliphatic rings. The van der Waals surface area contributed by atoms with Gasteiger partial charge in [0.25, 0.3) is 6.71 Å². The zero-order chi connectivity index (χ0) is 60.1. The van der Waals surface area contributed by atoms with E-state index < -0.39 is 0 Å². The van der Waals surface area contributed by atoms with E-state index in [1.54, 1.807) is 6.07 Å². The van der Waals surface area contributed by atoms with Gasteiger partial charge in [0.05, 0.1) is 28.1 Å². The molecular formula is C78H71BFIrN5S-2. The van der Waals surface area contributed by atoms with Crippen LogP contribution in [0.5, 0.6) is 0 Å². The SMILES string of the molecule is CC(C)(C)c1ccc(N2c3ccc(C(C)(C)C)cc3B3c4cc(C(C)(C)C)cc5c4N(c4ccc(C(C)(C)C)cc4S5)c4cc(-c5cc[c-]c6c5c5ccccc5n5c7ccccc7nc65)cc2c43)cc1.Cc1cnc(-c2[c-]cc(F)cc2)cc1C.[Ir]. The molecule has 0 saturated carbocycles. The molecule has 1 radical (unpaired) electrons. The summed E-state index contributed by atoms with van der Waals surface area (Å²) >= 11 is 1.95. The Labute approximate surface area is 530 Å². The van der Waals surface area contributed by atoms with Crippen molar-refractivity contribution in [1.29, 1.82) is 0 Å². The number of pyridine rings is 2. The van der Waals surface area contributed by atoms with Crippen LogP contribution < -0.4 is 26.2 Å². The molecular weight excluding hydrogens is 1260 g/mol. The predicted molar refractivity (Wildman–Crippen MR) is 363 cm³/mol. The molecule has 15 rings (SSSR count). The van der Waals surface area contributed by atoms with Crippen LogP contribution in [0.3, 0.4) is 0 Å². The number of imidazole rings is 1. The first-order chi connectivity index (χ1) is 40.9. The second-order valence-corrected chi connectivity index (χ2v) is 29.1. The minimum atomic E-state index is -0.275. The third-order valence-corrected chi connectivity index (χ3v) is 19.1. The van der Waals surface area contributed by atoms with Crippen molar-refractivity contribution in [2.45, 2.75) is 128 Å². The molecule has 0 N–H and O–H groups in total. The van der Waals surface area contributed by atoms with E-state index in [1.165, 1.54) is 106 Å². The van der Waals surface area contributed by atoms with Crippen molar-refractivity contribution in [3.8, 4) is 22.4 Å². The number of nitrogens with zero attached hydrogens (tertiary/aromatic N) is 5. The Kier molecular flexibility index (Phi) is 14.0. The van der Waals surface area contributed by atoms with Crippen LogP contribution in [0.4, 0.5) is 38.5 Å². The van der Waals surface area contributed by atoms with Crippen molar-refractivity contribution in [3.63, 3.8) is 0 Å². The first kappa shape index (κ1) is 58.2. The van der Waals surface area contributed by atoms with Gasteiger partial charge in [-0.2, -0.15) is 0 Å². The van der Waals surface area contributed by atoms with Crippen LogP contribution in [0.15, 0.2) is 186 Å². The fourth-order valence-corrected chi connectivity index (χ4v) is 14.3. The van der Waals surface area contributed by atoms with Gasteiger partial charge in [-0.05, 0) is 163 Å². The van der Waals surface area contributed by atoms with E-state index in [9.17, 15) is 4.39 Å². The molecule has 5 nitrogen and oxygen atoms in total. The fraction of sp³-hybridized carbons (Fsp3) is 0.231. The van der Waals surface area contributed by atoms with Crippen molar-refractivity contribution in [2.75, 3.05) is 9.80 Å². The number of para-hydroxylation sites is 3. The molecule has 0 unspecified atom stereocenters. The molecule has 0 bridgehead atoms. The van der Waals surface area contributed by atoms with Crippen molar-refractivity contribution in [1.82, 2.24) is 14.4 Å². The van der Waals surface area contributed by atoms with Gasteiger partial charge in [-0.3, -0.25) is 9.37 Å². The maximum Gasteiger partial charge on any atom is 0.252 e. The first-order valence-corrected chi connectivity index (χ1v) is 31.0. The minimum absolute atomic E-state index is 0. The van der Waals surface area contributed by atoms with Gasteiger partial charge in [-0.1, -0.05) is 190 Å². The average Bonchev–Trinajstić information content (AvgIpc) is 0.755. The van der Waals surface area contributed by atoms with Gasteiger partial charge in [0.15, 0.2) is 0 Å². The Bertz CT molecular complexity index is 4770. The Morgan fingerprint density at radius 2 is 1.16 bits per heavy atom. The molecule has 0 aliphatic carbocycles. The van der Waals surface area contributed by atoms with E-state index in [0.717, 1.165) is 61.0 Å². The van der Waals surface area contributed by atoms with Crippen LogP contribution in [-0.2, 0) is 41.8 Å². The summed E-state index contributed by atoms with van der Waals surface area (Å²) in [6.07, 6.45) is 1.82. The van der Waals surface area contributed by atoms with Gasteiger partial charge < -0.3 is 19.2 Å². The molecule has 0 fully saturated rings. The number of anilines is 6. The molecule has 3 aromatic heterocycles. The predicted octanol–water partition coefficient (Wildman–Crippen LogP) is 19.3. The molecule has 0 amide bonds. The third kappa shape index (κ3) is 9.80. The minimum Gasteiger partial charge on any atom is -0.333 e. The van der Waals surface area contributed by atoms with Gasteiger partial charge in [0, 0.05) is 70.2 Å². The molecule has 87 heavy (non-hydrogen) atoms. The quantitative estimate of drug-likeness (QED) is 0.100. The molecule has 3 aliphatic heterocycles. The molecule has 9 aromatic carbocycles. The van der Waals surface area contributed by atoms with Crippen LogP contribution in [0.2, 0.25) is 0 Å². The normalized spacial score (nSPS) is 13.5. The number of aromatic nitrogens is 3. The third-order valence-electron chi connectivity index (χ3n) is 18.1. The van der Waals surface area contributed by atoms with Crippen LogP contribution >= 0.6 is 11.8 Å². The summed E-state index contributed by atoms with van der Waals surface area (Å²) in [4.78, 5) is 17.5. The van der Waals surface area contributed by atoms with Crippen LogP contribution in [0.25, 0.3) is 60.7 Å². The second kappa shape index (κ2) is 20.9. The van der Waals surface area contributed by atoms with Gasteiger partial charge in [0.1, 0.15) is 0 Å². The monoisotopic (exact) mass is 1330 g/mol. The number of benzene rings is 9. The van der Waals surface area contributed by atoms with Crippen LogP contribution in [-0.4, -0.2) is 21.1 Å². The van der Waals surface area contributed by atoms with Crippen molar-refractivity contribution in [3.05, 3.63) is 227 Å². The summed E-state index contributed by atoms with van der Waals surface area (Å²) in [6.45, 7) is 32.1. The standard InChI is InChI=1S/C65H60BN4S.C13H11FN.Ir/c1-62(2,3)39-24-28-43(29-25-39)68-51-30-26-40(63(4,5)6)34-47(51)66-48-35-42(65(10,11)12)37-57-60(48)69(53-31-27-41(64(7,8)9)36-56(53)71-57)55-33-38(32-54(68)59(55)66)44-19-17-20-46-58(44)45-18-13-15-22-50(45)70-52-23-16-14-21-49(52)67-61(46)70;1-9-7-13(15-8-10(9)2)11-3-5-12(14)6-4-11;/h13-19,21-37H,1-12H3;3,5-8H,1-2H3;/q2*-1;. The summed E-state index contributed by atoms with van der Waals surface area (Å²) in [5.41, 5.74) is 27.2. The summed E-state index contributed by atoms with van der Waals surface area (Å²) in [5, 5.41) is 3.37. The second-order valence-electron chi connectivity index (χ2n) is 28.0. The van der Waals surface area contributed by atoms with Gasteiger partial charge in [-0.15, -0.1) is 48.0 Å². The van der Waals surface area contributed by atoms with E-state index in [0.29, 0.717) is 0 Å². The molecule has 0 atom stereocenters. The van der Waals surface area contributed by atoms with E-state index in [4.69, 9.17) is 4.98 Å². The summed E-state index contributed by atoms with van der Waals surface area (Å²) in [6, 6.07) is 68.9.